The second kappa shape index (κ2) is 4.90. The molecule has 2 aliphatic rings. The monoisotopic (exact) mass is 256 g/mol. The van der Waals surface area contributed by atoms with Crippen LogP contribution >= 0.6 is 12.2 Å². The minimum Gasteiger partial charge on any atom is -0.392 e. The summed E-state index contributed by atoms with van der Waals surface area (Å²) in [4.78, 5) is 14.7. The van der Waals surface area contributed by atoms with Gasteiger partial charge in [-0.15, -0.1) is 0 Å². The van der Waals surface area contributed by atoms with Gasteiger partial charge in [-0.25, -0.2) is 0 Å². The lowest BCUT2D eigenvalue weighted by Crippen LogP contribution is -2.56. The number of likely N-dealkylation sites (tertiary alicyclic amines) is 1. The molecule has 1 aliphatic carbocycles. The Balaban J connectivity index is 1.99. The third-order valence-electron chi connectivity index (χ3n) is 4.15. The molecule has 96 valence electrons. The Morgan fingerprint density at radius 1 is 1.41 bits per heavy atom. The molecular formula is C12H20N2O2S. The summed E-state index contributed by atoms with van der Waals surface area (Å²) in [5.74, 6) is 0.144. The summed E-state index contributed by atoms with van der Waals surface area (Å²) in [6, 6.07) is 0. The lowest BCUT2D eigenvalue weighted by Gasteiger charge is -2.44. The predicted molar refractivity (Wildman–Crippen MR) is 69.7 cm³/mol. The van der Waals surface area contributed by atoms with Crippen LogP contribution in [0.1, 0.15) is 32.1 Å². The summed E-state index contributed by atoms with van der Waals surface area (Å²) in [5.41, 5.74) is 5.23. The maximum absolute atomic E-state index is 12.5. The van der Waals surface area contributed by atoms with E-state index in [0.29, 0.717) is 11.1 Å². The Labute approximate surface area is 107 Å². The van der Waals surface area contributed by atoms with E-state index in [0.717, 1.165) is 45.2 Å². The first-order chi connectivity index (χ1) is 8.10. The minimum atomic E-state index is -0.519. The van der Waals surface area contributed by atoms with Crippen molar-refractivity contribution in [3.05, 3.63) is 0 Å². The van der Waals surface area contributed by atoms with Gasteiger partial charge in [0.15, 0.2) is 0 Å². The molecule has 0 aromatic rings. The smallest absolute Gasteiger partial charge is 0.235 e. The molecule has 1 heterocycles. The molecule has 4 nitrogen and oxygen atoms in total. The predicted octanol–water partition coefficient (Wildman–Crippen LogP) is 1.08. The van der Waals surface area contributed by atoms with Crippen molar-refractivity contribution in [3.63, 3.8) is 0 Å². The van der Waals surface area contributed by atoms with Gasteiger partial charge >= 0.3 is 0 Å². The highest BCUT2D eigenvalue weighted by Gasteiger charge is 2.49. The normalized spacial score (nSPS) is 24.2. The number of amides is 1. The Morgan fingerprint density at radius 2 is 2.00 bits per heavy atom. The van der Waals surface area contributed by atoms with Crippen molar-refractivity contribution >= 4 is 23.1 Å². The minimum absolute atomic E-state index is 0.144. The number of thiocarbonyl (C=S) groups is 1. The first-order valence-corrected chi connectivity index (χ1v) is 6.63. The average Bonchev–Trinajstić information content (AvgIpc) is 2.27. The Morgan fingerprint density at radius 3 is 2.35 bits per heavy atom. The molecule has 0 aromatic carbocycles. The number of ether oxygens (including phenoxy) is 1. The fourth-order valence-electron chi connectivity index (χ4n) is 2.69. The third kappa shape index (κ3) is 2.18. The number of carbonyl (C=O) groups is 1. The van der Waals surface area contributed by atoms with E-state index in [-0.39, 0.29) is 5.91 Å². The summed E-state index contributed by atoms with van der Waals surface area (Å²) >= 11 is 5.08. The van der Waals surface area contributed by atoms with E-state index in [1.807, 2.05) is 4.90 Å². The van der Waals surface area contributed by atoms with Crippen molar-refractivity contribution < 1.29 is 9.53 Å². The summed E-state index contributed by atoms with van der Waals surface area (Å²) in [7, 11) is 1.73. The Kier molecular flexibility index (Phi) is 3.68. The summed E-state index contributed by atoms with van der Waals surface area (Å²) in [6.07, 6.45) is 4.82. The number of hydrogen-bond acceptors (Lipinski definition) is 3. The van der Waals surface area contributed by atoms with Crippen LogP contribution in [0.25, 0.3) is 0 Å². The zero-order valence-corrected chi connectivity index (χ0v) is 11.1. The van der Waals surface area contributed by atoms with Gasteiger partial charge in [-0.1, -0.05) is 18.6 Å². The largest absolute Gasteiger partial charge is 0.392 e. The van der Waals surface area contributed by atoms with Crippen LogP contribution in [0.5, 0.6) is 0 Å². The van der Waals surface area contributed by atoms with E-state index >= 15 is 0 Å². The SMILES string of the molecule is COC1CCN(C(=O)C2(C(N)=S)CCC2)CC1. The number of piperidine rings is 1. The number of rotatable bonds is 3. The highest BCUT2D eigenvalue weighted by molar-refractivity contribution is 7.80. The van der Waals surface area contributed by atoms with Crippen molar-refractivity contribution in [2.75, 3.05) is 20.2 Å². The van der Waals surface area contributed by atoms with Crippen LogP contribution in [-0.2, 0) is 9.53 Å². The fraction of sp³-hybridized carbons (Fsp3) is 0.833. The molecule has 5 heteroatoms. The third-order valence-corrected chi connectivity index (χ3v) is 4.54. The quantitative estimate of drug-likeness (QED) is 0.768. The molecular weight excluding hydrogens is 236 g/mol. The van der Waals surface area contributed by atoms with Gasteiger partial charge < -0.3 is 15.4 Å². The van der Waals surface area contributed by atoms with Gasteiger partial charge in [0, 0.05) is 20.2 Å². The lowest BCUT2D eigenvalue weighted by molar-refractivity contribution is -0.144. The molecule has 1 saturated carbocycles. The zero-order valence-electron chi connectivity index (χ0n) is 10.3. The standard InChI is InChI=1S/C12H20N2O2S/c1-16-9-3-7-14(8-4-9)11(15)12(10(13)17)5-2-6-12/h9H,2-8H2,1H3,(H2,13,17). The van der Waals surface area contributed by atoms with Gasteiger partial charge in [-0.2, -0.15) is 0 Å². The van der Waals surface area contributed by atoms with Crippen LogP contribution in [-0.4, -0.2) is 42.1 Å². The molecule has 2 N–H and O–H groups in total. The van der Waals surface area contributed by atoms with Crippen molar-refractivity contribution in [3.8, 4) is 0 Å². The highest BCUT2D eigenvalue weighted by atomic mass is 32.1. The van der Waals surface area contributed by atoms with Crippen LogP contribution in [0.3, 0.4) is 0 Å². The number of methoxy groups -OCH3 is 1. The highest BCUT2D eigenvalue weighted by Crippen LogP contribution is 2.43. The lowest BCUT2D eigenvalue weighted by atomic mass is 9.67. The average molecular weight is 256 g/mol. The number of nitrogens with two attached hydrogens (primary N) is 1. The Hall–Kier alpha value is -0.680. The summed E-state index contributed by atoms with van der Waals surface area (Å²) < 4.78 is 5.30. The van der Waals surface area contributed by atoms with Gasteiger partial charge in [-0.3, -0.25) is 4.79 Å². The molecule has 1 saturated heterocycles. The van der Waals surface area contributed by atoms with Crippen LogP contribution in [0, 0.1) is 5.41 Å². The van der Waals surface area contributed by atoms with E-state index in [4.69, 9.17) is 22.7 Å². The van der Waals surface area contributed by atoms with E-state index in [1.165, 1.54) is 0 Å². The van der Waals surface area contributed by atoms with Crippen LogP contribution in [0.15, 0.2) is 0 Å². The molecule has 0 aromatic heterocycles. The van der Waals surface area contributed by atoms with E-state index < -0.39 is 5.41 Å². The molecule has 2 fully saturated rings. The molecule has 1 amide bonds. The molecule has 0 spiro atoms. The first-order valence-electron chi connectivity index (χ1n) is 6.22. The Bertz CT molecular complexity index is 320. The van der Waals surface area contributed by atoms with Gasteiger partial charge in [0.1, 0.15) is 0 Å². The van der Waals surface area contributed by atoms with Gasteiger partial charge in [0.05, 0.1) is 16.5 Å². The van der Waals surface area contributed by atoms with Crippen molar-refractivity contribution in [2.24, 2.45) is 11.1 Å². The van der Waals surface area contributed by atoms with Crippen LogP contribution in [0.4, 0.5) is 0 Å². The summed E-state index contributed by atoms with van der Waals surface area (Å²) in [6.45, 7) is 1.53. The first kappa shape index (κ1) is 12.8. The zero-order chi connectivity index (χ0) is 12.5. The number of carbonyl (C=O) groups excluding carboxylic acids is 1. The maximum Gasteiger partial charge on any atom is 0.235 e. The van der Waals surface area contributed by atoms with E-state index in [1.54, 1.807) is 7.11 Å². The molecule has 0 atom stereocenters. The van der Waals surface area contributed by atoms with Crippen molar-refractivity contribution in [2.45, 2.75) is 38.2 Å². The van der Waals surface area contributed by atoms with Gasteiger partial charge in [-0.05, 0) is 25.7 Å². The second-order valence-electron chi connectivity index (χ2n) is 5.03. The van der Waals surface area contributed by atoms with E-state index in [9.17, 15) is 4.79 Å². The van der Waals surface area contributed by atoms with Crippen LogP contribution < -0.4 is 5.73 Å². The van der Waals surface area contributed by atoms with Crippen molar-refractivity contribution in [1.29, 1.82) is 0 Å². The molecule has 0 bridgehead atoms. The number of nitrogens with zero attached hydrogens (tertiary/aromatic N) is 1. The summed E-state index contributed by atoms with van der Waals surface area (Å²) in [5, 5.41) is 0. The van der Waals surface area contributed by atoms with Crippen LogP contribution in [0.2, 0.25) is 0 Å². The fourth-order valence-corrected chi connectivity index (χ4v) is 2.98. The van der Waals surface area contributed by atoms with Gasteiger partial charge in [0.2, 0.25) is 5.91 Å². The molecule has 0 radical (unpaired) electrons. The van der Waals surface area contributed by atoms with Crippen molar-refractivity contribution in [1.82, 2.24) is 4.90 Å². The van der Waals surface area contributed by atoms with Gasteiger partial charge in [0.25, 0.3) is 0 Å². The topological polar surface area (TPSA) is 55.6 Å². The molecule has 1 aliphatic heterocycles. The molecule has 17 heavy (non-hydrogen) atoms. The molecule has 2 rings (SSSR count). The molecule has 0 unspecified atom stereocenters. The maximum atomic E-state index is 12.5. The second-order valence-corrected chi connectivity index (χ2v) is 5.47. The van der Waals surface area contributed by atoms with E-state index in [2.05, 4.69) is 0 Å². The number of hydrogen-bond donors (Lipinski definition) is 1.